The van der Waals surface area contributed by atoms with Gasteiger partial charge in [0.25, 0.3) is 0 Å². The molecule has 0 amide bonds. The lowest BCUT2D eigenvalue weighted by Crippen LogP contribution is -2.31. The van der Waals surface area contributed by atoms with Crippen LogP contribution in [0, 0.1) is 0 Å². The van der Waals surface area contributed by atoms with E-state index in [1.54, 1.807) is 23.1 Å². The molecule has 0 saturated carbocycles. The standard InChI is InChI=1S/C10H15N3O2S/c11-10(16)8-2-1-3-9(12-8)13(4-6-14)5-7-15/h1-3,14-15H,4-7H2,(H2,11,16). The first-order valence-corrected chi connectivity index (χ1v) is 5.33. The number of thiocarbonyl (C=S) groups is 1. The van der Waals surface area contributed by atoms with Gasteiger partial charge in [0.1, 0.15) is 10.8 Å². The van der Waals surface area contributed by atoms with Crippen molar-refractivity contribution in [3.8, 4) is 0 Å². The van der Waals surface area contributed by atoms with Crippen LogP contribution in [-0.2, 0) is 0 Å². The summed E-state index contributed by atoms with van der Waals surface area (Å²) < 4.78 is 0. The van der Waals surface area contributed by atoms with Crippen LogP contribution in [0.25, 0.3) is 0 Å². The SMILES string of the molecule is NC(=S)c1cccc(N(CCO)CCO)n1. The fourth-order valence-electron chi connectivity index (χ4n) is 1.32. The van der Waals surface area contributed by atoms with Crippen LogP contribution in [0.1, 0.15) is 5.69 Å². The van der Waals surface area contributed by atoms with Crippen molar-refractivity contribution < 1.29 is 10.2 Å². The first-order chi connectivity index (χ1) is 7.69. The van der Waals surface area contributed by atoms with Crippen LogP contribution < -0.4 is 10.6 Å². The minimum Gasteiger partial charge on any atom is -0.395 e. The summed E-state index contributed by atoms with van der Waals surface area (Å²) in [4.78, 5) is 6.24. The monoisotopic (exact) mass is 241 g/mol. The summed E-state index contributed by atoms with van der Waals surface area (Å²) in [6.07, 6.45) is 0. The van der Waals surface area contributed by atoms with Crippen molar-refractivity contribution in [1.82, 2.24) is 4.98 Å². The maximum absolute atomic E-state index is 8.90. The van der Waals surface area contributed by atoms with Crippen LogP contribution in [0.3, 0.4) is 0 Å². The molecule has 0 fully saturated rings. The molecule has 0 aliphatic carbocycles. The number of aliphatic hydroxyl groups is 2. The molecule has 88 valence electrons. The van der Waals surface area contributed by atoms with Crippen molar-refractivity contribution >= 4 is 23.0 Å². The highest BCUT2D eigenvalue weighted by atomic mass is 32.1. The van der Waals surface area contributed by atoms with Crippen molar-refractivity contribution in [2.45, 2.75) is 0 Å². The fourth-order valence-corrected chi connectivity index (χ4v) is 1.43. The zero-order valence-electron chi connectivity index (χ0n) is 8.83. The van der Waals surface area contributed by atoms with E-state index in [2.05, 4.69) is 4.98 Å². The van der Waals surface area contributed by atoms with Gasteiger partial charge in [-0.3, -0.25) is 0 Å². The Bertz CT molecular complexity index is 354. The third-order valence-corrected chi connectivity index (χ3v) is 2.26. The Kier molecular flexibility index (Phi) is 5.10. The van der Waals surface area contributed by atoms with Gasteiger partial charge in [0.15, 0.2) is 0 Å². The van der Waals surface area contributed by atoms with Crippen LogP contribution in [0.5, 0.6) is 0 Å². The number of nitrogens with two attached hydrogens (primary N) is 1. The molecule has 1 rings (SSSR count). The van der Waals surface area contributed by atoms with Crippen LogP contribution in [0.15, 0.2) is 18.2 Å². The highest BCUT2D eigenvalue weighted by molar-refractivity contribution is 7.80. The Balaban J connectivity index is 2.90. The quantitative estimate of drug-likeness (QED) is 0.583. The molecule has 0 saturated heterocycles. The molecule has 0 radical (unpaired) electrons. The van der Waals surface area contributed by atoms with Gasteiger partial charge in [-0.1, -0.05) is 18.3 Å². The molecule has 6 heteroatoms. The van der Waals surface area contributed by atoms with Crippen molar-refractivity contribution in [3.05, 3.63) is 23.9 Å². The summed E-state index contributed by atoms with van der Waals surface area (Å²) in [5.74, 6) is 0.647. The summed E-state index contributed by atoms with van der Waals surface area (Å²) in [5, 5.41) is 17.8. The number of hydrogen-bond donors (Lipinski definition) is 3. The molecule has 0 aromatic carbocycles. The van der Waals surface area contributed by atoms with E-state index in [0.717, 1.165) is 0 Å². The smallest absolute Gasteiger partial charge is 0.129 e. The summed E-state index contributed by atoms with van der Waals surface area (Å²) in [6, 6.07) is 5.30. The molecule has 0 unspecified atom stereocenters. The zero-order chi connectivity index (χ0) is 12.0. The number of rotatable bonds is 6. The Labute approximate surface area is 99.5 Å². The number of aromatic nitrogens is 1. The number of aliphatic hydroxyl groups excluding tert-OH is 2. The molecule has 4 N–H and O–H groups in total. The van der Waals surface area contributed by atoms with E-state index in [1.807, 2.05) is 0 Å². The van der Waals surface area contributed by atoms with E-state index >= 15 is 0 Å². The van der Waals surface area contributed by atoms with Gasteiger partial charge in [0, 0.05) is 13.1 Å². The Morgan fingerprint density at radius 1 is 1.31 bits per heavy atom. The maximum Gasteiger partial charge on any atom is 0.129 e. The molecule has 0 bridgehead atoms. The number of pyridine rings is 1. The minimum absolute atomic E-state index is 0.00101. The molecule has 1 heterocycles. The fraction of sp³-hybridized carbons (Fsp3) is 0.400. The Morgan fingerprint density at radius 2 is 1.94 bits per heavy atom. The van der Waals surface area contributed by atoms with Gasteiger partial charge in [-0.05, 0) is 12.1 Å². The summed E-state index contributed by atoms with van der Waals surface area (Å²) in [5.41, 5.74) is 6.02. The molecule has 0 spiro atoms. The molecule has 1 aromatic rings. The molecule has 0 aliphatic rings. The van der Waals surface area contributed by atoms with Crippen LogP contribution in [0.2, 0.25) is 0 Å². The third-order valence-electron chi connectivity index (χ3n) is 2.05. The van der Waals surface area contributed by atoms with Crippen molar-refractivity contribution in [2.75, 3.05) is 31.2 Å². The lowest BCUT2D eigenvalue weighted by Gasteiger charge is -2.21. The topological polar surface area (TPSA) is 82.6 Å². The van der Waals surface area contributed by atoms with Gasteiger partial charge in [-0.2, -0.15) is 0 Å². The van der Waals surface area contributed by atoms with E-state index in [4.69, 9.17) is 28.2 Å². The lowest BCUT2D eigenvalue weighted by atomic mass is 10.3. The highest BCUT2D eigenvalue weighted by Crippen LogP contribution is 2.10. The largest absolute Gasteiger partial charge is 0.395 e. The molecule has 0 atom stereocenters. The van der Waals surface area contributed by atoms with Crippen LogP contribution in [-0.4, -0.2) is 46.5 Å². The second kappa shape index (κ2) is 6.37. The van der Waals surface area contributed by atoms with E-state index in [9.17, 15) is 0 Å². The van der Waals surface area contributed by atoms with Gasteiger partial charge >= 0.3 is 0 Å². The zero-order valence-corrected chi connectivity index (χ0v) is 9.65. The molecular weight excluding hydrogens is 226 g/mol. The summed E-state index contributed by atoms with van der Waals surface area (Å²) in [7, 11) is 0. The van der Waals surface area contributed by atoms with E-state index in [1.165, 1.54) is 0 Å². The average molecular weight is 241 g/mol. The summed E-state index contributed by atoms with van der Waals surface area (Å²) >= 11 is 4.84. The Hall–Kier alpha value is -1.24. The summed E-state index contributed by atoms with van der Waals surface area (Å²) in [6.45, 7) is 0.820. The van der Waals surface area contributed by atoms with Gasteiger partial charge in [-0.15, -0.1) is 0 Å². The van der Waals surface area contributed by atoms with Gasteiger partial charge in [0.2, 0.25) is 0 Å². The molecule has 16 heavy (non-hydrogen) atoms. The minimum atomic E-state index is -0.00101. The van der Waals surface area contributed by atoms with Crippen molar-refractivity contribution in [3.63, 3.8) is 0 Å². The van der Waals surface area contributed by atoms with Crippen molar-refractivity contribution in [1.29, 1.82) is 0 Å². The van der Waals surface area contributed by atoms with Crippen LogP contribution >= 0.6 is 12.2 Å². The van der Waals surface area contributed by atoms with E-state index < -0.39 is 0 Å². The lowest BCUT2D eigenvalue weighted by molar-refractivity contribution is 0.280. The second-order valence-corrected chi connectivity index (χ2v) is 3.62. The number of nitrogens with zero attached hydrogens (tertiary/aromatic N) is 2. The third kappa shape index (κ3) is 3.41. The number of anilines is 1. The molecule has 0 aliphatic heterocycles. The van der Waals surface area contributed by atoms with Crippen LogP contribution in [0.4, 0.5) is 5.82 Å². The molecule has 5 nitrogen and oxygen atoms in total. The second-order valence-electron chi connectivity index (χ2n) is 3.18. The maximum atomic E-state index is 8.90. The van der Waals surface area contributed by atoms with Crippen molar-refractivity contribution in [2.24, 2.45) is 5.73 Å². The van der Waals surface area contributed by atoms with Gasteiger partial charge in [-0.25, -0.2) is 4.98 Å². The number of hydrogen-bond acceptors (Lipinski definition) is 5. The van der Waals surface area contributed by atoms with Gasteiger partial charge in [0.05, 0.1) is 18.9 Å². The molecule has 1 aromatic heterocycles. The van der Waals surface area contributed by atoms with E-state index in [0.29, 0.717) is 24.6 Å². The first-order valence-electron chi connectivity index (χ1n) is 4.92. The first kappa shape index (κ1) is 12.8. The highest BCUT2D eigenvalue weighted by Gasteiger charge is 2.08. The molecular formula is C10H15N3O2S. The predicted octanol–water partition coefficient (Wildman–Crippen LogP) is -0.493. The van der Waals surface area contributed by atoms with E-state index in [-0.39, 0.29) is 18.2 Å². The van der Waals surface area contributed by atoms with Gasteiger partial charge < -0.3 is 20.8 Å². The normalized spacial score (nSPS) is 10.1. The predicted molar refractivity (Wildman–Crippen MR) is 66.5 cm³/mol. The Morgan fingerprint density at radius 3 is 2.44 bits per heavy atom. The average Bonchev–Trinajstić information content (AvgIpc) is 2.29.